The summed E-state index contributed by atoms with van der Waals surface area (Å²) in [4.78, 5) is 47.6. The molecule has 2 aliphatic rings. The molecule has 0 unspecified atom stereocenters. The largest absolute Gasteiger partial charge is 0.497 e. The summed E-state index contributed by atoms with van der Waals surface area (Å²) in [7, 11) is 1.61. The molecule has 8 heteroatoms. The highest BCUT2D eigenvalue weighted by atomic mass is 16.5. The van der Waals surface area contributed by atoms with E-state index in [4.69, 9.17) is 4.74 Å². The van der Waals surface area contributed by atoms with Crippen LogP contribution in [-0.4, -0.2) is 46.9 Å². The molecular formula is C37H34N4O4. The van der Waals surface area contributed by atoms with E-state index in [1.807, 2.05) is 67.6 Å². The fourth-order valence-electron chi connectivity index (χ4n) is 6.61. The standard InChI is InChI=1S/C37H34N4O4/c1-23(12-13-24-8-4-3-5-9-24)38-35(42)26-14-18-27(19-15-26)40-36(43)32-22-30-29-10-6-7-11-31(29)39-33(30)34(41(32)37(40)44)25-16-20-28(45-2)21-17-25/h3-11,14-21,23,32,34,39H,12-13,22H2,1-2H3,(H,38,42)/t23-,32-,34+/m0/s1. The lowest BCUT2D eigenvalue weighted by molar-refractivity contribution is -0.120. The Morgan fingerprint density at radius 2 is 1.64 bits per heavy atom. The van der Waals surface area contributed by atoms with Gasteiger partial charge in [0.1, 0.15) is 17.8 Å². The second-order valence-corrected chi connectivity index (χ2v) is 11.8. The molecule has 8 nitrogen and oxygen atoms in total. The first-order valence-corrected chi connectivity index (χ1v) is 15.3. The van der Waals surface area contributed by atoms with E-state index in [0.717, 1.165) is 40.6 Å². The predicted octanol–water partition coefficient (Wildman–Crippen LogP) is 6.41. The number of aryl methyl sites for hydroxylation is 1. The number of benzene rings is 4. The molecule has 0 aliphatic carbocycles. The Morgan fingerprint density at radius 3 is 2.38 bits per heavy atom. The van der Waals surface area contributed by atoms with Crippen molar-refractivity contribution in [3.63, 3.8) is 0 Å². The van der Waals surface area contributed by atoms with Gasteiger partial charge in [-0.1, -0.05) is 60.7 Å². The van der Waals surface area contributed by atoms with Crippen LogP contribution in [0.2, 0.25) is 0 Å². The SMILES string of the molecule is COc1ccc([C@@H]2c3[nH]c4ccccc4c3C[C@H]3C(=O)N(c4ccc(C(=O)N[C@@H](C)CCc5ccccc5)cc4)C(=O)N23)cc1. The highest BCUT2D eigenvalue weighted by Crippen LogP contribution is 2.45. The third kappa shape index (κ3) is 5.12. The predicted molar refractivity (Wildman–Crippen MR) is 173 cm³/mol. The average Bonchev–Trinajstić information content (AvgIpc) is 3.57. The number of hydrogen-bond donors (Lipinski definition) is 2. The number of nitrogens with one attached hydrogen (secondary N) is 2. The number of hydrogen-bond acceptors (Lipinski definition) is 4. The molecule has 0 radical (unpaired) electrons. The summed E-state index contributed by atoms with van der Waals surface area (Å²) in [6.07, 6.45) is 2.10. The summed E-state index contributed by atoms with van der Waals surface area (Å²) in [5.74, 6) is 0.243. The molecule has 2 aliphatic heterocycles. The fraction of sp³-hybridized carbons (Fsp3) is 0.216. The maximum absolute atomic E-state index is 14.1. The van der Waals surface area contributed by atoms with Gasteiger partial charge < -0.3 is 15.0 Å². The molecule has 0 spiro atoms. The number of rotatable bonds is 8. The van der Waals surface area contributed by atoms with E-state index < -0.39 is 12.1 Å². The van der Waals surface area contributed by atoms with Crippen LogP contribution in [0.15, 0.2) is 103 Å². The average molecular weight is 599 g/mol. The molecule has 3 atom stereocenters. The number of fused-ring (bicyclic) bond motifs is 4. The van der Waals surface area contributed by atoms with Crippen LogP contribution in [-0.2, 0) is 17.6 Å². The first kappa shape index (κ1) is 28.4. The number of carbonyl (C=O) groups is 3. The van der Waals surface area contributed by atoms with Gasteiger partial charge in [-0.3, -0.25) is 14.5 Å². The Kier molecular flexibility index (Phi) is 7.33. The van der Waals surface area contributed by atoms with Crippen LogP contribution in [0, 0.1) is 0 Å². The maximum Gasteiger partial charge on any atom is 0.332 e. The monoisotopic (exact) mass is 598 g/mol. The normalized spacial score (nSPS) is 18.1. The maximum atomic E-state index is 14.1. The van der Waals surface area contributed by atoms with Gasteiger partial charge in [0.05, 0.1) is 12.8 Å². The highest BCUT2D eigenvalue weighted by Gasteiger charge is 2.53. The Labute approximate surface area is 261 Å². The van der Waals surface area contributed by atoms with E-state index in [9.17, 15) is 14.4 Å². The number of methoxy groups -OCH3 is 1. The number of imide groups is 1. The van der Waals surface area contributed by atoms with Gasteiger partial charge in [0, 0.05) is 34.6 Å². The van der Waals surface area contributed by atoms with Crippen molar-refractivity contribution in [1.29, 1.82) is 0 Å². The summed E-state index contributed by atoms with van der Waals surface area (Å²) in [5, 5.41) is 4.11. The minimum absolute atomic E-state index is 0.0156. The second kappa shape index (κ2) is 11.6. The number of H-pyrrole nitrogens is 1. The Morgan fingerprint density at radius 1 is 0.933 bits per heavy atom. The number of ether oxygens (including phenoxy) is 1. The molecule has 1 fully saturated rings. The fourth-order valence-corrected chi connectivity index (χ4v) is 6.61. The lowest BCUT2D eigenvalue weighted by atomic mass is 9.89. The molecule has 3 heterocycles. The summed E-state index contributed by atoms with van der Waals surface area (Å²) < 4.78 is 5.37. The van der Waals surface area contributed by atoms with Gasteiger partial charge in [-0.05, 0) is 78.9 Å². The minimum atomic E-state index is -0.662. The number of aromatic nitrogens is 1. The Hall–Kier alpha value is -5.37. The molecule has 2 N–H and O–H groups in total. The Balaban J connectivity index is 1.14. The molecule has 226 valence electrons. The number of anilines is 1. The molecule has 7 rings (SSSR count). The first-order valence-electron chi connectivity index (χ1n) is 15.3. The molecule has 4 amide bonds. The molecule has 1 aromatic heterocycles. The number of aromatic amines is 1. The lowest BCUT2D eigenvalue weighted by Crippen LogP contribution is -2.44. The van der Waals surface area contributed by atoms with Gasteiger partial charge in [-0.15, -0.1) is 0 Å². The molecule has 0 saturated carbocycles. The van der Waals surface area contributed by atoms with Crippen LogP contribution in [0.5, 0.6) is 5.75 Å². The van der Waals surface area contributed by atoms with Crippen molar-refractivity contribution in [3.05, 3.63) is 131 Å². The van der Waals surface area contributed by atoms with E-state index in [1.165, 1.54) is 10.5 Å². The van der Waals surface area contributed by atoms with Gasteiger partial charge in [0.25, 0.3) is 11.8 Å². The third-order valence-electron chi connectivity index (χ3n) is 8.95. The molecular weight excluding hydrogens is 564 g/mol. The van der Waals surface area contributed by atoms with Crippen LogP contribution in [0.4, 0.5) is 10.5 Å². The highest BCUT2D eigenvalue weighted by molar-refractivity contribution is 6.22. The summed E-state index contributed by atoms with van der Waals surface area (Å²) >= 11 is 0. The molecule has 45 heavy (non-hydrogen) atoms. The van der Waals surface area contributed by atoms with Gasteiger partial charge in [-0.2, -0.15) is 0 Å². The van der Waals surface area contributed by atoms with E-state index in [1.54, 1.807) is 36.3 Å². The van der Waals surface area contributed by atoms with Gasteiger partial charge in [0.15, 0.2) is 0 Å². The third-order valence-corrected chi connectivity index (χ3v) is 8.95. The van der Waals surface area contributed by atoms with E-state index in [-0.39, 0.29) is 23.9 Å². The second-order valence-electron chi connectivity index (χ2n) is 11.8. The first-order chi connectivity index (χ1) is 21.9. The van der Waals surface area contributed by atoms with E-state index in [0.29, 0.717) is 23.4 Å². The van der Waals surface area contributed by atoms with E-state index >= 15 is 0 Å². The minimum Gasteiger partial charge on any atom is -0.497 e. The van der Waals surface area contributed by atoms with Crippen molar-refractivity contribution in [2.24, 2.45) is 0 Å². The quantitative estimate of drug-likeness (QED) is 0.202. The lowest BCUT2D eigenvalue weighted by Gasteiger charge is -2.36. The van der Waals surface area contributed by atoms with Crippen LogP contribution >= 0.6 is 0 Å². The summed E-state index contributed by atoms with van der Waals surface area (Å²) in [5.41, 5.74) is 5.95. The molecule has 0 bridgehead atoms. The van der Waals surface area contributed by atoms with Gasteiger partial charge >= 0.3 is 6.03 Å². The number of carbonyl (C=O) groups excluding carboxylic acids is 3. The van der Waals surface area contributed by atoms with Crippen LogP contribution in [0.3, 0.4) is 0 Å². The zero-order chi connectivity index (χ0) is 31.1. The number of amides is 4. The Bertz CT molecular complexity index is 1880. The number of para-hydroxylation sites is 1. The van der Waals surface area contributed by atoms with Crippen molar-refractivity contribution < 1.29 is 19.1 Å². The number of urea groups is 1. The van der Waals surface area contributed by atoms with Gasteiger partial charge in [0.2, 0.25) is 0 Å². The summed E-state index contributed by atoms with van der Waals surface area (Å²) in [6, 6.07) is 31.0. The van der Waals surface area contributed by atoms with Crippen LogP contribution < -0.4 is 15.0 Å². The van der Waals surface area contributed by atoms with Crippen molar-refractivity contribution in [1.82, 2.24) is 15.2 Å². The van der Waals surface area contributed by atoms with Gasteiger partial charge in [-0.25, -0.2) is 9.69 Å². The smallest absolute Gasteiger partial charge is 0.332 e. The van der Waals surface area contributed by atoms with Crippen molar-refractivity contribution >= 4 is 34.4 Å². The topological polar surface area (TPSA) is 94.7 Å². The van der Waals surface area contributed by atoms with Crippen molar-refractivity contribution in [2.75, 3.05) is 12.0 Å². The summed E-state index contributed by atoms with van der Waals surface area (Å²) in [6.45, 7) is 1.99. The number of nitrogens with zero attached hydrogens (tertiary/aromatic N) is 2. The van der Waals surface area contributed by atoms with E-state index in [2.05, 4.69) is 28.5 Å². The van der Waals surface area contributed by atoms with Crippen molar-refractivity contribution in [3.8, 4) is 5.75 Å². The van der Waals surface area contributed by atoms with Crippen LogP contribution in [0.25, 0.3) is 10.9 Å². The molecule has 4 aromatic carbocycles. The molecule has 1 saturated heterocycles. The van der Waals surface area contributed by atoms with Crippen LogP contribution in [0.1, 0.15) is 52.1 Å². The molecule has 5 aromatic rings. The zero-order valence-electron chi connectivity index (χ0n) is 25.2. The zero-order valence-corrected chi connectivity index (χ0v) is 25.2. The van der Waals surface area contributed by atoms with Crippen molar-refractivity contribution in [2.45, 2.75) is 44.3 Å².